The van der Waals surface area contributed by atoms with Crippen LogP contribution in [0.5, 0.6) is 5.75 Å². The van der Waals surface area contributed by atoms with Crippen LogP contribution in [0.15, 0.2) is 24.3 Å². The molecule has 0 aliphatic carbocycles. The summed E-state index contributed by atoms with van der Waals surface area (Å²) in [7, 11) is 0. The second-order valence-electron chi connectivity index (χ2n) is 5.29. The minimum absolute atomic E-state index is 0.0355. The van der Waals surface area contributed by atoms with Crippen molar-refractivity contribution in [2.24, 2.45) is 0 Å². The number of nitrogens with zero attached hydrogens (tertiary/aromatic N) is 1. The van der Waals surface area contributed by atoms with Gasteiger partial charge in [0, 0.05) is 13.1 Å². The molecule has 19 heavy (non-hydrogen) atoms. The number of amides is 1. The van der Waals surface area contributed by atoms with E-state index in [0.29, 0.717) is 31.2 Å². The first-order valence-corrected chi connectivity index (χ1v) is 6.75. The van der Waals surface area contributed by atoms with E-state index in [2.05, 4.69) is 13.8 Å². The summed E-state index contributed by atoms with van der Waals surface area (Å²) in [5.41, 5.74) is 1.25. The maximum atomic E-state index is 11.8. The van der Waals surface area contributed by atoms with Gasteiger partial charge in [0.15, 0.2) is 6.61 Å². The Bertz CT molecular complexity index is 428. The molecule has 104 valence electrons. The average Bonchev–Trinajstić information content (AvgIpc) is 2.83. The van der Waals surface area contributed by atoms with E-state index in [0.717, 1.165) is 0 Å². The smallest absolute Gasteiger partial charge is 0.260 e. The van der Waals surface area contributed by atoms with E-state index in [1.54, 1.807) is 4.90 Å². The largest absolute Gasteiger partial charge is 0.484 e. The normalized spacial score (nSPS) is 18.9. The molecule has 1 aliphatic heterocycles. The number of benzene rings is 1. The van der Waals surface area contributed by atoms with Crippen LogP contribution < -0.4 is 4.74 Å². The molecule has 1 heterocycles. The highest BCUT2D eigenvalue weighted by Gasteiger charge is 2.24. The van der Waals surface area contributed by atoms with Crippen molar-refractivity contribution in [2.75, 3.05) is 19.7 Å². The molecule has 1 N–H and O–H groups in total. The topological polar surface area (TPSA) is 49.8 Å². The Labute approximate surface area is 114 Å². The van der Waals surface area contributed by atoms with Crippen LogP contribution in [-0.2, 0) is 4.79 Å². The SMILES string of the molecule is CC(C)c1ccc(OCC(=O)N2CC[C@@H](O)C2)cc1. The highest BCUT2D eigenvalue weighted by molar-refractivity contribution is 5.78. The van der Waals surface area contributed by atoms with E-state index in [1.165, 1.54) is 5.56 Å². The Balaban J connectivity index is 1.83. The van der Waals surface area contributed by atoms with Crippen LogP contribution in [0.25, 0.3) is 0 Å². The Kier molecular flexibility index (Phi) is 4.43. The molecular weight excluding hydrogens is 242 g/mol. The molecule has 1 aromatic rings. The number of likely N-dealkylation sites (tertiary alicyclic amines) is 1. The highest BCUT2D eigenvalue weighted by atomic mass is 16.5. The van der Waals surface area contributed by atoms with Crippen molar-refractivity contribution in [2.45, 2.75) is 32.3 Å². The zero-order chi connectivity index (χ0) is 13.8. The fourth-order valence-corrected chi connectivity index (χ4v) is 2.15. The first-order valence-electron chi connectivity index (χ1n) is 6.75. The van der Waals surface area contributed by atoms with Crippen LogP contribution in [0.2, 0.25) is 0 Å². The summed E-state index contributed by atoms with van der Waals surface area (Å²) in [5, 5.41) is 9.38. The Morgan fingerprint density at radius 2 is 2.11 bits per heavy atom. The molecule has 0 bridgehead atoms. The van der Waals surface area contributed by atoms with Gasteiger partial charge in [-0.15, -0.1) is 0 Å². The summed E-state index contributed by atoms with van der Waals surface area (Å²) in [5.74, 6) is 1.13. The van der Waals surface area contributed by atoms with Crippen molar-refractivity contribution in [3.63, 3.8) is 0 Å². The number of aliphatic hydroxyl groups excluding tert-OH is 1. The molecule has 0 saturated carbocycles. The van der Waals surface area contributed by atoms with Gasteiger partial charge in [0.1, 0.15) is 5.75 Å². The lowest BCUT2D eigenvalue weighted by atomic mass is 10.0. The third-order valence-electron chi connectivity index (χ3n) is 3.43. The van der Waals surface area contributed by atoms with Gasteiger partial charge in [-0.1, -0.05) is 26.0 Å². The minimum Gasteiger partial charge on any atom is -0.484 e. The maximum Gasteiger partial charge on any atom is 0.260 e. The van der Waals surface area contributed by atoms with Gasteiger partial charge < -0.3 is 14.7 Å². The lowest BCUT2D eigenvalue weighted by Gasteiger charge is -2.16. The molecule has 0 radical (unpaired) electrons. The number of carbonyl (C=O) groups is 1. The van der Waals surface area contributed by atoms with Crippen molar-refractivity contribution in [1.82, 2.24) is 4.90 Å². The predicted octanol–water partition coefficient (Wildman–Crippen LogP) is 1.78. The average molecular weight is 263 g/mol. The van der Waals surface area contributed by atoms with Crippen LogP contribution in [-0.4, -0.2) is 41.7 Å². The molecule has 1 aliphatic rings. The van der Waals surface area contributed by atoms with Crippen molar-refractivity contribution in [3.05, 3.63) is 29.8 Å². The van der Waals surface area contributed by atoms with Crippen molar-refractivity contribution in [3.8, 4) is 5.75 Å². The summed E-state index contributed by atoms with van der Waals surface area (Å²) in [4.78, 5) is 13.5. The molecule has 2 rings (SSSR count). The monoisotopic (exact) mass is 263 g/mol. The fourth-order valence-electron chi connectivity index (χ4n) is 2.15. The summed E-state index contributed by atoms with van der Waals surface area (Å²) in [6.45, 7) is 5.36. The van der Waals surface area contributed by atoms with Gasteiger partial charge in [-0.3, -0.25) is 4.79 Å². The molecule has 4 nitrogen and oxygen atoms in total. The zero-order valence-electron chi connectivity index (χ0n) is 11.5. The standard InChI is InChI=1S/C15H21NO3/c1-11(2)12-3-5-14(6-4-12)19-10-15(18)16-8-7-13(17)9-16/h3-6,11,13,17H,7-10H2,1-2H3/t13-/m1/s1. The van der Waals surface area contributed by atoms with Gasteiger partial charge >= 0.3 is 0 Å². The van der Waals surface area contributed by atoms with Crippen LogP contribution in [0.1, 0.15) is 31.7 Å². The van der Waals surface area contributed by atoms with Crippen molar-refractivity contribution in [1.29, 1.82) is 0 Å². The van der Waals surface area contributed by atoms with E-state index in [-0.39, 0.29) is 18.6 Å². The highest BCUT2D eigenvalue weighted by Crippen LogP contribution is 2.18. The molecule has 0 unspecified atom stereocenters. The molecular formula is C15H21NO3. The first-order chi connectivity index (χ1) is 9.06. The molecule has 4 heteroatoms. The fraction of sp³-hybridized carbons (Fsp3) is 0.533. The quantitative estimate of drug-likeness (QED) is 0.901. The summed E-state index contributed by atoms with van der Waals surface area (Å²) in [6.07, 6.45) is 0.281. The Morgan fingerprint density at radius 1 is 1.42 bits per heavy atom. The number of hydrogen-bond acceptors (Lipinski definition) is 3. The Morgan fingerprint density at radius 3 is 2.63 bits per heavy atom. The van der Waals surface area contributed by atoms with Crippen molar-refractivity contribution >= 4 is 5.91 Å². The van der Waals surface area contributed by atoms with Crippen LogP contribution in [0.3, 0.4) is 0 Å². The molecule has 1 saturated heterocycles. The summed E-state index contributed by atoms with van der Waals surface area (Å²) in [6, 6.07) is 7.82. The van der Waals surface area contributed by atoms with E-state index in [1.807, 2.05) is 24.3 Å². The van der Waals surface area contributed by atoms with Gasteiger partial charge in [-0.05, 0) is 30.0 Å². The van der Waals surface area contributed by atoms with Gasteiger partial charge in [0.25, 0.3) is 5.91 Å². The first kappa shape index (κ1) is 13.9. The molecule has 1 aromatic carbocycles. The minimum atomic E-state index is -0.380. The summed E-state index contributed by atoms with van der Waals surface area (Å²) >= 11 is 0. The predicted molar refractivity (Wildman–Crippen MR) is 73.2 cm³/mol. The molecule has 1 fully saturated rings. The van der Waals surface area contributed by atoms with Crippen molar-refractivity contribution < 1.29 is 14.6 Å². The third-order valence-corrected chi connectivity index (χ3v) is 3.43. The number of carbonyl (C=O) groups excluding carboxylic acids is 1. The molecule has 0 aromatic heterocycles. The van der Waals surface area contributed by atoms with E-state index in [4.69, 9.17) is 4.74 Å². The number of aliphatic hydroxyl groups is 1. The molecule has 0 spiro atoms. The molecule has 1 amide bonds. The van der Waals surface area contributed by atoms with E-state index >= 15 is 0 Å². The zero-order valence-corrected chi connectivity index (χ0v) is 11.5. The number of ether oxygens (including phenoxy) is 1. The third kappa shape index (κ3) is 3.70. The van der Waals surface area contributed by atoms with Crippen LogP contribution in [0, 0.1) is 0 Å². The lowest BCUT2D eigenvalue weighted by Crippen LogP contribution is -2.33. The van der Waals surface area contributed by atoms with Gasteiger partial charge in [-0.25, -0.2) is 0 Å². The van der Waals surface area contributed by atoms with E-state index in [9.17, 15) is 9.90 Å². The second kappa shape index (κ2) is 6.06. The maximum absolute atomic E-state index is 11.8. The van der Waals surface area contributed by atoms with Crippen LogP contribution >= 0.6 is 0 Å². The molecule has 1 atom stereocenters. The van der Waals surface area contributed by atoms with Gasteiger partial charge in [-0.2, -0.15) is 0 Å². The van der Waals surface area contributed by atoms with Crippen LogP contribution in [0.4, 0.5) is 0 Å². The van der Waals surface area contributed by atoms with E-state index < -0.39 is 0 Å². The number of β-amino-alcohol motifs (C(OH)–C–C–N with tert-alkyl or cyclic N) is 1. The van der Waals surface area contributed by atoms with Gasteiger partial charge in [0.05, 0.1) is 6.10 Å². The Hall–Kier alpha value is -1.55. The van der Waals surface area contributed by atoms with Gasteiger partial charge in [0.2, 0.25) is 0 Å². The number of rotatable bonds is 4. The lowest BCUT2D eigenvalue weighted by molar-refractivity contribution is -0.132. The second-order valence-corrected chi connectivity index (χ2v) is 5.29. The number of hydrogen-bond donors (Lipinski definition) is 1. The summed E-state index contributed by atoms with van der Waals surface area (Å²) < 4.78 is 5.48.